The van der Waals surface area contributed by atoms with Gasteiger partial charge in [-0.3, -0.25) is 0 Å². The zero-order chi connectivity index (χ0) is 12.1. The van der Waals surface area contributed by atoms with Crippen LogP contribution in [-0.4, -0.2) is 17.1 Å². The zero-order valence-electron chi connectivity index (χ0n) is 9.55. The number of benzene rings is 1. The van der Waals surface area contributed by atoms with E-state index in [0.29, 0.717) is 18.2 Å². The lowest BCUT2D eigenvalue weighted by Crippen LogP contribution is -2.05. The molecule has 0 radical (unpaired) electrons. The van der Waals surface area contributed by atoms with Crippen molar-refractivity contribution >= 4 is 11.8 Å². The van der Waals surface area contributed by atoms with Gasteiger partial charge in [-0.1, -0.05) is 30.3 Å². The van der Waals surface area contributed by atoms with E-state index in [-0.39, 0.29) is 5.95 Å². The molecule has 5 heteroatoms. The predicted octanol–water partition coefficient (Wildman–Crippen LogP) is 1.68. The van der Waals surface area contributed by atoms with Crippen molar-refractivity contribution in [1.29, 1.82) is 0 Å². The first-order chi connectivity index (χ1) is 8.28. The van der Waals surface area contributed by atoms with Crippen molar-refractivity contribution in [3.63, 3.8) is 0 Å². The largest absolute Gasteiger partial charge is 0.481 e. The summed E-state index contributed by atoms with van der Waals surface area (Å²) >= 11 is 0. The monoisotopic (exact) mass is 230 g/mol. The summed E-state index contributed by atoms with van der Waals surface area (Å²) in [7, 11) is 1.54. The van der Waals surface area contributed by atoms with Crippen molar-refractivity contribution in [2.45, 2.75) is 6.54 Å². The van der Waals surface area contributed by atoms with Gasteiger partial charge < -0.3 is 15.8 Å². The molecule has 2 aromatic rings. The standard InChI is InChI=1S/C12H14N4O/c1-17-11-7-10(15-12(13)16-11)14-8-9-5-3-2-4-6-9/h2-7H,8H2,1H3,(H3,13,14,15,16). The van der Waals surface area contributed by atoms with Gasteiger partial charge in [0.05, 0.1) is 7.11 Å². The molecule has 17 heavy (non-hydrogen) atoms. The highest BCUT2D eigenvalue weighted by atomic mass is 16.5. The van der Waals surface area contributed by atoms with Crippen LogP contribution in [0.5, 0.6) is 5.88 Å². The van der Waals surface area contributed by atoms with Crippen LogP contribution in [0.15, 0.2) is 36.4 Å². The summed E-state index contributed by atoms with van der Waals surface area (Å²) < 4.78 is 5.02. The van der Waals surface area contributed by atoms with Crippen LogP contribution >= 0.6 is 0 Å². The summed E-state index contributed by atoms with van der Waals surface area (Å²) in [6.07, 6.45) is 0. The summed E-state index contributed by atoms with van der Waals surface area (Å²) in [5, 5.41) is 3.17. The normalized spacial score (nSPS) is 9.94. The van der Waals surface area contributed by atoms with E-state index in [0.717, 1.165) is 0 Å². The number of nitrogen functional groups attached to an aromatic ring is 1. The van der Waals surface area contributed by atoms with Crippen LogP contribution < -0.4 is 15.8 Å². The summed E-state index contributed by atoms with van der Waals surface area (Å²) in [6.45, 7) is 0.681. The second-order valence-electron chi connectivity index (χ2n) is 3.49. The fourth-order valence-electron chi connectivity index (χ4n) is 1.43. The third-order valence-electron chi connectivity index (χ3n) is 2.25. The minimum atomic E-state index is 0.194. The number of anilines is 2. The van der Waals surface area contributed by atoms with Crippen molar-refractivity contribution in [1.82, 2.24) is 9.97 Å². The van der Waals surface area contributed by atoms with Gasteiger partial charge in [-0.15, -0.1) is 0 Å². The van der Waals surface area contributed by atoms with Gasteiger partial charge in [-0.05, 0) is 5.56 Å². The summed E-state index contributed by atoms with van der Waals surface area (Å²) in [6, 6.07) is 11.7. The minimum Gasteiger partial charge on any atom is -0.481 e. The molecule has 0 aliphatic heterocycles. The van der Waals surface area contributed by atoms with Crippen LogP contribution in [-0.2, 0) is 6.54 Å². The molecule has 0 atom stereocenters. The van der Waals surface area contributed by atoms with Gasteiger partial charge in [0.2, 0.25) is 11.8 Å². The van der Waals surface area contributed by atoms with E-state index < -0.39 is 0 Å². The van der Waals surface area contributed by atoms with Gasteiger partial charge in [0.25, 0.3) is 0 Å². The second kappa shape index (κ2) is 5.16. The third-order valence-corrected chi connectivity index (χ3v) is 2.25. The first-order valence-corrected chi connectivity index (χ1v) is 5.24. The molecule has 1 aromatic heterocycles. The Morgan fingerprint density at radius 1 is 1.24 bits per heavy atom. The highest BCUT2D eigenvalue weighted by molar-refractivity contribution is 5.43. The number of rotatable bonds is 4. The molecule has 0 fully saturated rings. The van der Waals surface area contributed by atoms with E-state index in [1.54, 1.807) is 13.2 Å². The van der Waals surface area contributed by atoms with Gasteiger partial charge in [0.1, 0.15) is 5.82 Å². The van der Waals surface area contributed by atoms with Crippen LogP contribution in [0.2, 0.25) is 0 Å². The van der Waals surface area contributed by atoms with Crippen LogP contribution in [0.1, 0.15) is 5.56 Å². The fourth-order valence-corrected chi connectivity index (χ4v) is 1.43. The second-order valence-corrected chi connectivity index (χ2v) is 3.49. The molecule has 3 N–H and O–H groups in total. The van der Waals surface area contributed by atoms with E-state index in [1.165, 1.54) is 5.56 Å². The maximum absolute atomic E-state index is 5.56. The number of ether oxygens (including phenoxy) is 1. The molecule has 0 saturated heterocycles. The van der Waals surface area contributed by atoms with E-state index in [4.69, 9.17) is 10.5 Å². The predicted molar refractivity (Wildman–Crippen MR) is 66.8 cm³/mol. The van der Waals surface area contributed by atoms with E-state index in [1.807, 2.05) is 30.3 Å². The lowest BCUT2D eigenvalue weighted by atomic mass is 10.2. The lowest BCUT2D eigenvalue weighted by molar-refractivity contribution is 0.398. The highest BCUT2D eigenvalue weighted by Gasteiger charge is 2.01. The Morgan fingerprint density at radius 3 is 2.71 bits per heavy atom. The van der Waals surface area contributed by atoms with E-state index in [2.05, 4.69) is 15.3 Å². The Kier molecular flexibility index (Phi) is 3.40. The molecule has 1 heterocycles. The van der Waals surface area contributed by atoms with Crippen molar-refractivity contribution in [2.24, 2.45) is 0 Å². The van der Waals surface area contributed by atoms with E-state index in [9.17, 15) is 0 Å². The van der Waals surface area contributed by atoms with E-state index >= 15 is 0 Å². The molecule has 88 valence electrons. The molecular formula is C12H14N4O. The molecule has 0 amide bonds. The number of methoxy groups -OCH3 is 1. The minimum absolute atomic E-state index is 0.194. The van der Waals surface area contributed by atoms with Gasteiger partial charge >= 0.3 is 0 Å². The number of aromatic nitrogens is 2. The molecule has 0 aliphatic rings. The molecule has 0 aliphatic carbocycles. The van der Waals surface area contributed by atoms with Gasteiger partial charge in [0.15, 0.2) is 0 Å². The van der Waals surface area contributed by atoms with Crippen LogP contribution in [0.3, 0.4) is 0 Å². The Hall–Kier alpha value is -2.30. The smallest absolute Gasteiger partial charge is 0.225 e. The first kappa shape index (κ1) is 11.2. The van der Waals surface area contributed by atoms with Crippen LogP contribution in [0, 0.1) is 0 Å². The van der Waals surface area contributed by atoms with Crippen molar-refractivity contribution in [3.05, 3.63) is 42.0 Å². The zero-order valence-corrected chi connectivity index (χ0v) is 9.55. The molecular weight excluding hydrogens is 216 g/mol. The topological polar surface area (TPSA) is 73.1 Å². The van der Waals surface area contributed by atoms with Crippen molar-refractivity contribution in [3.8, 4) is 5.88 Å². The molecule has 0 bridgehead atoms. The maximum Gasteiger partial charge on any atom is 0.225 e. The molecule has 1 aromatic carbocycles. The lowest BCUT2D eigenvalue weighted by Gasteiger charge is -2.07. The first-order valence-electron chi connectivity index (χ1n) is 5.24. The fraction of sp³-hybridized carbons (Fsp3) is 0.167. The van der Waals surface area contributed by atoms with Gasteiger partial charge in [0, 0.05) is 12.6 Å². The highest BCUT2D eigenvalue weighted by Crippen LogP contribution is 2.14. The van der Waals surface area contributed by atoms with Crippen molar-refractivity contribution < 1.29 is 4.74 Å². The van der Waals surface area contributed by atoms with Crippen LogP contribution in [0.25, 0.3) is 0 Å². The molecule has 0 spiro atoms. The summed E-state index contributed by atoms with van der Waals surface area (Å²) in [5.74, 6) is 1.30. The molecule has 5 nitrogen and oxygen atoms in total. The summed E-state index contributed by atoms with van der Waals surface area (Å²) in [4.78, 5) is 7.98. The quantitative estimate of drug-likeness (QED) is 0.836. The van der Waals surface area contributed by atoms with Crippen molar-refractivity contribution in [2.75, 3.05) is 18.2 Å². The Morgan fingerprint density at radius 2 is 2.00 bits per heavy atom. The average Bonchev–Trinajstić information content (AvgIpc) is 2.37. The third kappa shape index (κ3) is 3.07. The average molecular weight is 230 g/mol. The Balaban J connectivity index is 2.06. The number of hydrogen-bond acceptors (Lipinski definition) is 5. The van der Waals surface area contributed by atoms with Crippen LogP contribution in [0.4, 0.5) is 11.8 Å². The molecule has 2 rings (SSSR count). The Bertz CT molecular complexity index is 487. The number of nitrogens with zero attached hydrogens (tertiary/aromatic N) is 2. The van der Waals surface area contributed by atoms with Gasteiger partial charge in [-0.25, -0.2) is 0 Å². The molecule has 0 saturated carbocycles. The molecule has 0 unspecified atom stereocenters. The number of hydrogen-bond donors (Lipinski definition) is 2. The summed E-state index contributed by atoms with van der Waals surface area (Å²) in [5.41, 5.74) is 6.73. The SMILES string of the molecule is COc1cc(NCc2ccccc2)nc(N)n1. The van der Waals surface area contributed by atoms with Gasteiger partial charge in [-0.2, -0.15) is 9.97 Å². The number of nitrogens with two attached hydrogens (primary N) is 1. The maximum atomic E-state index is 5.56. The Labute approximate surface area is 99.7 Å². The number of nitrogens with one attached hydrogen (secondary N) is 1.